The van der Waals surface area contributed by atoms with Gasteiger partial charge in [-0.3, -0.25) is 4.79 Å². The normalized spacial score (nSPS) is 19.1. The van der Waals surface area contributed by atoms with Crippen molar-refractivity contribution in [2.75, 3.05) is 0 Å². The Bertz CT molecular complexity index is 281. The molecule has 2 nitrogen and oxygen atoms in total. The van der Waals surface area contributed by atoms with Crippen molar-refractivity contribution in [1.82, 2.24) is 0 Å². The fraction of sp³-hybridized carbons (Fsp3) is 0.500. The third-order valence-corrected chi connectivity index (χ3v) is 2.69. The van der Waals surface area contributed by atoms with Crippen LogP contribution in [0, 0.1) is 5.41 Å². The van der Waals surface area contributed by atoms with Crippen molar-refractivity contribution in [2.45, 2.75) is 26.2 Å². The maximum atomic E-state index is 11.2. The Hall–Kier alpha value is -1.05. The first-order valence-corrected chi connectivity index (χ1v) is 4.26. The molecule has 2 rings (SSSR count). The topological polar surface area (TPSA) is 30.2 Å². The summed E-state index contributed by atoms with van der Waals surface area (Å²) in [6.45, 7) is 1.68. The van der Waals surface area contributed by atoms with Crippen LogP contribution >= 0.6 is 0 Å². The van der Waals surface area contributed by atoms with E-state index in [1.807, 2.05) is 12.1 Å². The van der Waals surface area contributed by atoms with E-state index in [9.17, 15) is 4.79 Å². The van der Waals surface area contributed by atoms with Crippen molar-refractivity contribution >= 4 is 5.78 Å². The monoisotopic (exact) mass is 164 g/mol. The van der Waals surface area contributed by atoms with Gasteiger partial charge in [0.2, 0.25) is 0 Å². The fourth-order valence-electron chi connectivity index (χ4n) is 1.55. The number of furan rings is 1. The molecule has 1 aromatic heterocycles. The summed E-state index contributed by atoms with van der Waals surface area (Å²) in [4.78, 5) is 11.2. The van der Waals surface area contributed by atoms with E-state index in [0.29, 0.717) is 5.78 Å². The minimum atomic E-state index is -0.0577. The predicted molar refractivity (Wildman–Crippen MR) is 44.8 cm³/mol. The number of hydrogen-bond acceptors (Lipinski definition) is 2. The van der Waals surface area contributed by atoms with E-state index in [0.717, 1.165) is 25.0 Å². The molecule has 0 aromatic carbocycles. The number of carbonyl (C=O) groups is 1. The zero-order valence-corrected chi connectivity index (χ0v) is 7.17. The zero-order chi connectivity index (χ0) is 8.60. The Morgan fingerprint density at radius 3 is 2.83 bits per heavy atom. The molecule has 0 unspecified atom stereocenters. The van der Waals surface area contributed by atoms with Gasteiger partial charge in [-0.25, -0.2) is 0 Å². The van der Waals surface area contributed by atoms with Gasteiger partial charge in [0.05, 0.1) is 6.26 Å². The number of hydrogen-bond donors (Lipinski definition) is 0. The average Bonchev–Trinajstić information content (AvgIpc) is 2.60. The molecule has 0 N–H and O–H groups in total. The molecule has 0 amide bonds. The molecule has 64 valence electrons. The van der Waals surface area contributed by atoms with E-state index in [-0.39, 0.29) is 5.41 Å². The fourth-order valence-corrected chi connectivity index (χ4v) is 1.55. The summed E-state index contributed by atoms with van der Waals surface area (Å²) in [6.07, 6.45) is 4.51. The van der Waals surface area contributed by atoms with Gasteiger partial charge in [0.1, 0.15) is 11.5 Å². The molecule has 1 aliphatic carbocycles. The zero-order valence-electron chi connectivity index (χ0n) is 7.17. The van der Waals surface area contributed by atoms with Gasteiger partial charge in [-0.1, -0.05) is 0 Å². The highest BCUT2D eigenvalue weighted by Crippen LogP contribution is 2.49. The summed E-state index contributed by atoms with van der Waals surface area (Å²) in [5.41, 5.74) is -0.0577. The van der Waals surface area contributed by atoms with Crippen LogP contribution in [0.1, 0.15) is 25.5 Å². The molecule has 1 fully saturated rings. The molecule has 1 saturated carbocycles. The Kier molecular flexibility index (Phi) is 1.56. The minimum absolute atomic E-state index is 0.0577. The van der Waals surface area contributed by atoms with Gasteiger partial charge in [0.25, 0.3) is 0 Å². The van der Waals surface area contributed by atoms with Gasteiger partial charge < -0.3 is 4.42 Å². The summed E-state index contributed by atoms with van der Waals surface area (Å²) in [6, 6.07) is 3.80. The number of carbonyl (C=O) groups excluding carboxylic acids is 1. The molecular formula is C10H12O2. The Morgan fingerprint density at radius 2 is 2.42 bits per heavy atom. The first-order valence-electron chi connectivity index (χ1n) is 4.26. The van der Waals surface area contributed by atoms with E-state index in [4.69, 9.17) is 4.42 Å². The molecule has 0 radical (unpaired) electrons. The van der Waals surface area contributed by atoms with Crippen molar-refractivity contribution < 1.29 is 9.21 Å². The highest BCUT2D eigenvalue weighted by atomic mass is 16.3. The van der Waals surface area contributed by atoms with Crippen LogP contribution in [-0.2, 0) is 11.2 Å². The highest BCUT2D eigenvalue weighted by molar-refractivity contribution is 5.85. The first kappa shape index (κ1) is 7.59. The maximum absolute atomic E-state index is 11.2. The van der Waals surface area contributed by atoms with Crippen molar-refractivity contribution in [3.63, 3.8) is 0 Å². The Morgan fingerprint density at radius 1 is 1.67 bits per heavy atom. The van der Waals surface area contributed by atoms with Gasteiger partial charge in [-0.15, -0.1) is 0 Å². The Balaban J connectivity index is 2.09. The second kappa shape index (κ2) is 2.47. The summed E-state index contributed by atoms with van der Waals surface area (Å²) in [5.74, 6) is 1.24. The van der Waals surface area contributed by atoms with Crippen molar-refractivity contribution in [2.24, 2.45) is 5.41 Å². The van der Waals surface area contributed by atoms with Gasteiger partial charge in [0.15, 0.2) is 0 Å². The van der Waals surface area contributed by atoms with Crippen LogP contribution in [0.3, 0.4) is 0 Å². The summed E-state index contributed by atoms with van der Waals surface area (Å²) < 4.78 is 5.21. The van der Waals surface area contributed by atoms with Crippen LogP contribution in [0.2, 0.25) is 0 Å². The molecule has 0 bridgehead atoms. The molecule has 1 heterocycles. The molecule has 0 saturated heterocycles. The smallest absolute Gasteiger partial charge is 0.136 e. The van der Waals surface area contributed by atoms with E-state index in [1.54, 1.807) is 13.2 Å². The standard InChI is InChI=1S/C10H12O2/c1-8(11)10(4-5-10)7-9-3-2-6-12-9/h2-3,6H,4-5,7H2,1H3. The molecule has 0 atom stereocenters. The third kappa shape index (κ3) is 1.17. The van der Waals surface area contributed by atoms with Crippen molar-refractivity contribution in [1.29, 1.82) is 0 Å². The van der Waals surface area contributed by atoms with Gasteiger partial charge in [0, 0.05) is 11.8 Å². The number of rotatable bonds is 3. The van der Waals surface area contributed by atoms with Gasteiger partial charge in [-0.2, -0.15) is 0 Å². The van der Waals surface area contributed by atoms with Crippen LogP contribution in [0.5, 0.6) is 0 Å². The lowest BCUT2D eigenvalue weighted by Crippen LogP contribution is -2.14. The molecule has 1 aliphatic rings. The molecule has 1 aromatic rings. The lowest BCUT2D eigenvalue weighted by atomic mass is 9.96. The molecule has 12 heavy (non-hydrogen) atoms. The van der Waals surface area contributed by atoms with Crippen LogP contribution < -0.4 is 0 Å². The van der Waals surface area contributed by atoms with Crippen molar-refractivity contribution in [3.05, 3.63) is 24.2 Å². The predicted octanol–water partition coefficient (Wildman–Crippen LogP) is 2.19. The maximum Gasteiger partial charge on any atom is 0.136 e. The van der Waals surface area contributed by atoms with E-state index in [2.05, 4.69) is 0 Å². The lowest BCUT2D eigenvalue weighted by Gasteiger charge is -2.07. The average molecular weight is 164 g/mol. The van der Waals surface area contributed by atoms with Crippen LogP contribution in [0.15, 0.2) is 22.8 Å². The quantitative estimate of drug-likeness (QED) is 0.685. The lowest BCUT2D eigenvalue weighted by molar-refractivity contribution is -0.122. The highest BCUT2D eigenvalue weighted by Gasteiger charge is 2.47. The second-order valence-electron chi connectivity index (χ2n) is 3.59. The third-order valence-electron chi connectivity index (χ3n) is 2.69. The molecule has 0 aliphatic heterocycles. The van der Waals surface area contributed by atoms with E-state index < -0.39 is 0 Å². The first-order chi connectivity index (χ1) is 5.73. The summed E-state index contributed by atoms with van der Waals surface area (Å²) in [7, 11) is 0. The van der Waals surface area contributed by atoms with E-state index >= 15 is 0 Å². The SMILES string of the molecule is CC(=O)C1(Cc2ccco2)CC1. The van der Waals surface area contributed by atoms with Crippen LogP contribution in [0.25, 0.3) is 0 Å². The van der Waals surface area contributed by atoms with Gasteiger partial charge >= 0.3 is 0 Å². The number of ketones is 1. The molecule has 0 spiro atoms. The minimum Gasteiger partial charge on any atom is -0.469 e. The van der Waals surface area contributed by atoms with Crippen molar-refractivity contribution in [3.8, 4) is 0 Å². The van der Waals surface area contributed by atoms with Crippen LogP contribution in [0.4, 0.5) is 0 Å². The van der Waals surface area contributed by atoms with Crippen LogP contribution in [-0.4, -0.2) is 5.78 Å². The van der Waals surface area contributed by atoms with Gasteiger partial charge in [-0.05, 0) is 31.9 Å². The number of Topliss-reactive ketones (excluding diaryl/α,β-unsaturated/α-hetero) is 1. The second-order valence-corrected chi connectivity index (χ2v) is 3.59. The molecule has 2 heteroatoms. The molecular weight excluding hydrogens is 152 g/mol. The largest absolute Gasteiger partial charge is 0.469 e. The Labute approximate surface area is 71.6 Å². The summed E-state index contributed by atoms with van der Waals surface area (Å²) in [5, 5.41) is 0. The van der Waals surface area contributed by atoms with E-state index in [1.165, 1.54) is 0 Å². The summed E-state index contributed by atoms with van der Waals surface area (Å²) >= 11 is 0.